The predicted molar refractivity (Wildman–Crippen MR) is 69.4 cm³/mol. The van der Waals surface area contributed by atoms with Crippen molar-refractivity contribution in [2.45, 2.75) is 0 Å². The molecule has 1 atom stereocenters. The number of hydrogen-bond donors (Lipinski definition) is 0. The minimum atomic E-state index is -1.18. The van der Waals surface area contributed by atoms with E-state index in [0.717, 1.165) is 0 Å². The number of carbonyl (C=O) groups excluding carboxylic acids is 1. The SMILES string of the molecule is COc1cc(C(=O)C[S@](C)=O)cc(OC)c1OC. The number of rotatable bonds is 6. The second-order valence-corrected chi connectivity index (χ2v) is 4.99. The van der Waals surface area contributed by atoms with Gasteiger partial charge in [-0.2, -0.15) is 0 Å². The molecule has 5 nitrogen and oxygen atoms in total. The van der Waals surface area contributed by atoms with Crippen molar-refractivity contribution < 1.29 is 23.2 Å². The van der Waals surface area contributed by atoms with Gasteiger partial charge in [-0.1, -0.05) is 0 Å². The molecule has 6 heteroatoms. The largest absolute Gasteiger partial charge is 0.493 e. The number of ether oxygens (including phenoxy) is 3. The third-order valence-electron chi connectivity index (χ3n) is 2.32. The standard InChI is InChI=1S/C12H16O5S/c1-15-10-5-8(9(13)7-18(4)14)6-11(16-2)12(10)17-3/h5-6H,7H2,1-4H3/t18-/m0/s1. The molecule has 0 unspecified atom stereocenters. The lowest BCUT2D eigenvalue weighted by atomic mass is 10.1. The molecule has 0 N–H and O–H groups in total. The molecule has 0 aliphatic carbocycles. The first kappa shape index (κ1) is 14.5. The first-order valence-electron chi connectivity index (χ1n) is 5.16. The van der Waals surface area contributed by atoms with Crippen LogP contribution in [0.1, 0.15) is 10.4 Å². The van der Waals surface area contributed by atoms with Crippen molar-refractivity contribution in [1.82, 2.24) is 0 Å². The summed E-state index contributed by atoms with van der Waals surface area (Å²) in [6.45, 7) is 0. The molecule has 0 spiro atoms. The molecule has 18 heavy (non-hydrogen) atoms. The summed E-state index contributed by atoms with van der Waals surface area (Å²) < 4.78 is 26.5. The summed E-state index contributed by atoms with van der Waals surface area (Å²) in [5, 5.41) is 0. The van der Waals surface area contributed by atoms with E-state index in [0.29, 0.717) is 22.8 Å². The Balaban J connectivity index is 3.22. The van der Waals surface area contributed by atoms with Gasteiger partial charge in [-0.3, -0.25) is 9.00 Å². The number of Topliss-reactive ketones (excluding diaryl/α,β-unsaturated/α-hetero) is 1. The Morgan fingerprint density at radius 2 is 1.61 bits per heavy atom. The summed E-state index contributed by atoms with van der Waals surface area (Å²) in [7, 11) is 3.26. The van der Waals surface area contributed by atoms with E-state index in [9.17, 15) is 9.00 Å². The van der Waals surface area contributed by atoms with Crippen molar-refractivity contribution in [2.24, 2.45) is 0 Å². The van der Waals surface area contributed by atoms with Gasteiger partial charge in [-0.25, -0.2) is 0 Å². The fourth-order valence-electron chi connectivity index (χ4n) is 1.51. The molecule has 0 fully saturated rings. The summed E-state index contributed by atoms with van der Waals surface area (Å²) in [5.74, 6) is 0.979. The van der Waals surface area contributed by atoms with E-state index in [-0.39, 0.29) is 11.5 Å². The Hall–Kier alpha value is -1.56. The lowest BCUT2D eigenvalue weighted by molar-refractivity contribution is 0.102. The highest BCUT2D eigenvalue weighted by atomic mass is 32.2. The molecule has 1 aromatic rings. The Labute approximate surface area is 108 Å². The normalized spacial score (nSPS) is 11.8. The highest BCUT2D eigenvalue weighted by Crippen LogP contribution is 2.38. The molecule has 0 radical (unpaired) electrons. The molecule has 0 saturated heterocycles. The zero-order valence-electron chi connectivity index (χ0n) is 10.8. The number of methoxy groups -OCH3 is 3. The third-order valence-corrected chi connectivity index (χ3v) is 2.99. The Morgan fingerprint density at radius 3 is 1.94 bits per heavy atom. The van der Waals surface area contributed by atoms with Crippen LogP contribution in [0.15, 0.2) is 12.1 Å². The Bertz CT molecular complexity index is 445. The number of ketones is 1. The quantitative estimate of drug-likeness (QED) is 0.730. The zero-order valence-corrected chi connectivity index (χ0v) is 11.6. The van der Waals surface area contributed by atoms with Crippen molar-refractivity contribution in [1.29, 1.82) is 0 Å². The average molecular weight is 272 g/mol. The molecule has 1 aromatic carbocycles. The van der Waals surface area contributed by atoms with Crippen LogP contribution in [0.4, 0.5) is 0 Å². The second-order valence-electron chi connectivity index (χ2n) is 3.55. The molecule has 0 aliphatic rings. The highest BCUT2D eigenvalue weighted by Gasteiger charge is 2.17. The van der Waals surface area contributed by atoms with Crippen LogP contribution in [-0.2, 0) is 10.8 Å². The lowest BCUT2D eigenvalue weighted by Gasteiger charge is -2.13. The van der Waals surface area contributed by atoms with Gasteiger partial charge in [0, 0.05) is 22.6 Å². The summed E-state index contributed by atoms with van der Waals surface area (Å²) in [5.41, 5.74) is 0.389. The summed E-state index contributed by atoms with van der Waals surface area (Å²) in [4.78, 5) is 11.8. The molecule has 0 bridgehead atoms. The molecule has 0 saturated carbocycles. The van der Waals surface area contributed by atoms with Gasteiger partial charge in [-0.15, -0.1) is 0 Å². The second kappa shape index (κ2) is 6.39. The molecule has 1 rings (SSSR count). The smallest absolute Gasteiger partial charge is 0.203 e. The summed E-state index contributed by atoms with van der Waals surface area (Å²) in [6, 6.07) is 3.10. The van der Waals surface area contributed by atoms with E-state index >= 15 is 0 Å². The predicted octanol–water partition coefficient (Wildman–Crippen LogP) is 1.27. The topological polar surface area (TPSA) is 61.8 Å². The van der Waals surface area contributed by atoms with Gasteiger partial charge in [-0.05, 0) is 12.1 Å². The van der Waals surface area contributed by atoms with Crippen molar-refractivity contribution in [3.63, 3.8) is 0 Å². The Kier molecular flexibility index (Phi) is 5.15. The molecule has 0 aromatic heterocycles. The molecule has 0 amide bonds. The van der Waals surface area contributed by atoms with E-state index < -0.39 is 10.8 Å². The molecular weight excluding hydrogens is 256 g/mol. The van der Waals surface area contributed by atoms with Gasteiger partial charge >= 0.3 is 0 Å². The van der Waals surface area contributed by atoms with Crippen molar-refractivity contribution in [3.8, 4) is 17.2 Å². The maximum atomic E-state index is 11.8. The van der Waals surface area contributed by atoms with Crippen LogP contribution in [0, 0.1) is 0 Å². The van der Waals surface area contributed by atoms with Gasteiger partial charge in [0.2, 0.25) is 5.75 Å². The van der Waals surface area contributed by atoms with E-state index in [2.05, 4.69) is 0 Å². The van der Waals surface area contributed by atoms with Crippen LogP contribution in [0.25, 0.3) is 0 Å². The Morgan fingerprint density at radius 1 is 1.11 bits per heavy atom. The van der Waals surface area contributed by atoms with Gasteiger partial charge in [0.15, 0.2) is 17.3 Å². The minimum Gasteiger partial charge on any atom is -0.493 e. The van der Waals surface area contributed by atoms with Crippen LogP contribution in [-0.4, -0.2) is 43.3 Å². The minimum absolute atomic E-state index is 0.0291. The lowest BCUT2D eigenvalue weighted by Crippen LogP contribution is -2.10. The van der Waals surface area contributed by atoms with Gasteiger partial charge in [0.05, 0.1) is 27.1 Å². The van der Waals surface area contributed by atoms with E-state index in [1.807, 2.05) is 0 Å². The van der Waals surface area contributed by atoms with Gasteiger partial charge in [0.1, 0.15) is 0 Å². The van der Waals surface area contributed by atoms with Crippen LogP contribution < -0.4 is 14.2 Å². The van der Waals surface area contributed by atoms with E-state index in [1.165, 1.54) is 27.6 Å². The van der Waals surface area contributed by atoms with Crippen LogP contribution in [0.2, 0.25) is 0 Å². The van der Waals surface area contributed by atoms with Gasteiger partial charge < -0.3 is 14.2 Å². The van der Waals surface area contributed by atoms with Crippen LogP contribution in [0.5, 0.6) is 17.2 Å². The monoisotopic (exact) mass is 272 g/mol. The van der Waals surface area contributed by atoms with Crippen LogP contribution >= 0.6 is 0 Å². The third kappa shape index (κ3) is 3.22. The van der Waals surface area contributed by atoms with E-state index in [1.54, 1.807) is 12.1 Å². The summed E-state index contributed by atoms with van der Waals surface area (Å²) in [6.07, 6.45) is 1.48. The maximum absolute atomic E-state index is 11.8. The fourth-order valence-corrected chi connectivity index (χ4v) is 2.05. The average Bonchev–Trinajstić information content (AvgIpc) is 2.35. The number of benzene rings is 1. The van der Waals surface area contributed by atoms with E-state index in [4.69, 9.17) is 14.2 Å². The van der Waals surface area contributed by atoms with Crippen molar-refractivity contribution >= 4 is 16.6 Å². The van der Waals surface area contributed by atoms with Crippen LogP contribution in [0.3, 0.4) is 0 Å². The van der Waals surface area contributed by atoms with Crippen molar-refractivity contribution in [2.75, 3.05) is 33.3 Å². The molecule has 0 aliphatic heterocycles. The highest BCUT2D eigenvalue weighted by molar-refractivity contribution is 7.85. The van der Waals surface area contributed by atoms with Gasteiger partial charge in [0.25, 0.3) is 0 Å². The number of hydrogen-bond acceptors (Lipinski definition) is 5. The van der Waals surface area contributed by atoms with Crippen molar-refractivity contribution in [3.05, 3.63) is 17.7 Å². The first-order chi connectivity index (χ1) is 8.53. The molecule has 0 heterocycles. The summed E-state index contributed by atoms with van der Waals surface area (Å²) >= 11 is 0. The number of carbonyl (C=O) groups is 1. The fraction of sp³-hybridized carbons (Fsp3) is 0.417. The zero-order chi connectivity index (χ0) is 13.7. The molecular formula is C12H16O5S. The molecule has 100 valence electrons. The maximum Gasteiger partial charge on any atom is 0.203 e. The first-order valence-corrected chi connectivity index (χ1v) is 6.89.